The van der Waals surface area contributed by atoms with Crippen molar-refractivity contribution >= 4 is 28.7 Å². The Balaban J connectivity index is 1.66. The number of aliphatic hydroxyl groups is 1. The number of Topliss-reactive ketones (excluding diaryl/α,β-unsaturated/α-hetero) is 1. The normalized spacial score (nSPS) is 16.0. The van der Waals surface area contributed by atoms with Gasteiger partial charge in [-0.05, 0) is 42.0 Å². The molecule has 9 heteroatoms. The number of methoxy groups -OCH3 is 2. The number of aromatic amines is 1. The second-order valence-corrected chi connectivity index (χ2v) is 7.36. The SMILES string of the molecule is COc1ccc(C2C(C(=O)c3ccco3)=C(O)C(=O)N2c2nc3ccc(OC)cc3[nH]2)cc1. The van der Waals surface area contributed by atoms with E-state index in [0.717, 1.165) is 0 Å². The van der Waals surface area contributed by atoms with Crippen molar-refractivity contribution in [1.82, 2.24) is 9.97 Å². The monoisotopic (exact) mass is 445 g/mol. The van der Waals surface area contributed by atoms with E-state index < -0.39 is 23.5 Å². The third-order valence-corrected chi connectivity index (χ3v) is 5.53. The molecule has 4 aromatic rings. The first-order chi connectivity index (χ1) is 16.0. The van der Waals surface area contributed by atoms with E-state index in [4.69, 9.17) is 13.9 Å². The first-order valence-electron chi connectivity index (χ1n) is 10.0. The van der Waals surface area contributed by atoms with Crippen LogP contribution in [-0.2, 0) is 4.79 Å². The fraction of sp³-hybridized carbons (Fsp3) is 0.125. The summed E-state index contributed by atoms with van der Waals surface area (Å²) in [6.45, 7) is 0. The lowest BCUT2D eigenvalue weighted by Crippen LogP contribution is -2.32. The molecule has 0 saturated carbocycles. The fourth-order valence-electron chi connectivity index (χ4n) is 3.91. The van der Waals surface area contributed by atoms with Crippen LogP contribution in [0.5, 0.6) is 11.5 Å². The van der Waals surface area contributed by atoms with Crippen LogP contribution in [0.3, 0.4) is 0 Å². The zero-order chi connectivity index (χ0) is 23.1. The Hall–Kier alpha value is -4.53. The number of benzene rings is 2. The van der Waals surface area contributed by atoms with E-state index in [2.05, 4.69) is 9.97 Å². The van der Waals surface area contributed by atoms with E-state index in [1.807, 2.05) is 0 Å². The predicted octanol–water partition coefficient (Wildman–Crippen LogP) is 3.96. The smallest absolute Gasteiger partial charge is 0.296 e. The highest BCUT2D eigenvalue weighted by Gasteiger charge is 2.46. The molecule has 5 rings (SSSR count). The van der Waals surface area contributed by atoms with Crippen LogP contribution in [0.2, 0.25) is 0 Å². The van der Waals surface area contributed by atoms with Crippen LogP contribution >= 0.6 is 0 Å². The quantitative estimate of drug-likeness (QED) is 0.431. The summed E-state index contributed by atoms with van der Waals surface area (Å²) in [7, 11) is 3.09. The average Bonchev–Trinajstić information content (AvgIpc) is 3.57. The number of nitrogens with one attached hydrogen (secondary N) is 1. The van der Waals surface area contributed by atoms with Gasteiger partial charge in [0, 0.05) is 6.07 Å². The summed E-state index contributed by atoms with van der Waals surface area (Å²) in [5, 5.41) is 10.8. The van der Waals surface area contributed by atoms with Crippen molar-refractivity contribution in [2.45, 2.75) is 6.04 Å². The van der Waals surface area contributed by atoms with Crippen LogP contribution < -0.4 is 14.4 Å². The molecule has 1 atom stereocenters. The number of imidazole rings is 1. The second kappa shape index (κ2) is 7.86. The number of hydrogen-bond acceptors (Lipinski definition) is 7. The summed E-state index contributed by atoms with van der Waals surface area (Å²) in [4.78, 5) is 35.3. The number of amides is 1. The Bertz CT molecular complexity index is 1390. The number of ether oxygens (including phenoxy) is 2. The number of aliphatic hydroxyl groups excluding tert-OH is 1. The molecule has 0 aliphatic carbocycles. The molecular formula is C24H19N3O6. The van der Waals surface area contributed by atoms with Crippen LogP contribution in [0.15, 0.2) is 76.6 Å². The molecule has 0 radical (unpaired) electrons. The molecule has 0 spiro atoms. The van der Waals surface area contributed by atoms with Gasteiger partial charge in [-0.3, -0.25) is 14.5 Å². The molecule has 0 fully saturated rings. The van der Waals surface area contributed by atoms with Crippen LogP contribution in [0, 0.1) is 0 Å². The van der Waals surface area contributed by atoms with E-state index in [9.17, 15) is 14.7 Å². The van der Waals surface area contributed by atoms with Crippen molar-refractivity contribution in [2.24, 2.45) is 0 Å². The first-order valence-corrected chi connectivity index (χ1v) is 10.0. The summed E-state index contributed by atoms with van der Waals surface area (Å²) < 4.78 is 15.7. The number of nitrogens with zero attached hydrogens (tertiary/aromatic N) is 2. The maximum Gasteiger partial charge on any atom is 0.296 e. The van der Waals surface area contributed by atoms with Gasteiger partial charge in [-0.15, -0.1) is 0 Å². The van der Waals surface area contributed by atoms with Gasteiger partial charge in [0.2, 0.25) is 11.7 Å². The number of aromatic nitrogens is 2. The summed E-state index contributed by atoms with van der Waals surface area (Å²) in [5.41, 5.74) is 1.72. The number of carbonyl (C=O) groups is 2. The maximum atomic E-state index is 13.2. The van der Waals surface area contributed by atoms with Gasteiger partial charge in [0.05, 0.1) is 43.1 Å². The second-order valence-electron chi connectivity index (χ2n) is 7.36. The van der Waals surface area contributed by atoms with Crippen molar-refractivity contribution < 1.29 is 28.6 Å². The molecular weight excluding hydrogens is 426 g/mol. The molecule has 0 saturated heterocycles. The Labute approximate surface area is 187 Å². The van der Waals surface area contributed by atoms with E-state index >= 15 is 0 Å². The number of H-pyrrole nitrogens is 1. The molecule has 1 unspecified atom stereocenters. The molecule has 2 N–H and O–H groups in total. The van der Waals surface area contributed by atoms with E-state index in [-0.39, 0.29) is 17.3 Å². The van der Waals surface area contributed by atoms with Crippen molar-refractivity contribution in [3.8, 4) is 11.5 Å². The molecule has 3 heterocycles. The zero-order valence-corrected chi connectivity index (χ0v) is 17.7. The van der Waals surface area contributed by atoms with Crippen molar-refractivity contribution in [1.29, 1.82) is 0 Å². The number of ketones is 1. The molecule has 33 heavy (non-hydrogen) atoms. The standard InChI is InChI=1S/C24H19N3O6/c1-31-14-7-5-13(6-8-14)20-19(21(28)18-4-3-11-33-18)22(29)23(30)27(20)24-25-16-10-9-15(32-2)12-17(16)26-24/h3-12,20,29H,1-2H3,(H,25,26). The van der Waals surface area contributed by atoms with Gasteiger partial charge in [-0.25, -0.2) is 4.98 Å². The summed E-state index contributed by atoms with van der Waals surface area (Å²) in [5.74, 6) is -0.583. The van der Waals surface area contributed by atoms with Gasteiger partial charge in [0.1, 0.15) is 11.5 Å². The number of rotatable bonds is 6. The minimum absolute atomic E-state index is 0.0130. The van der Waals surface area contributed by atoms with Crippen LogP contribution in [0.25, 0.3) is 11.0 Å². The van der Waals surface area contributed by atoms with Gasteiger partial charge >= 0.3 is 0 Å². The molecule has 9 nitrogen and oxygen atoms in total. The third-order valence-electron chi connectivity index (χ3n) is 5.53. The topological polar surface area (TPSA) is 118 Å². The molecule has 0 bridgehead atoms. The molecule has 1 aliphatic heterocycles. The highest BCUT2D eigenvalue weighted by Crippen LogP contribution is 2.42. The number of carbonyl (C=O) groups excluding carboxylic acids is 2. The van der Waals surface area contributed by atoms with Gasteiger partial charge in [0.15, 0.2) is 11.5 Å². The van der Waals surface area contributed by atoms with Crippen molar-refractivity contribution in [3.05, 3.63) is 83.5 Å². The fourth-order valence-corrected chi connectivity index (χ4v) is 3.91. The molecule has 2 aromatic carbocycles. The van der Waals surface area contributed by atoms with Crippen molar-refractivity contribution in [2.75, 3.05) is 19.1 Å². The Morgan fingerprint density at radius 1 is 1.09 bits per heavy atom. The first kappa shape index (κ1) is 20.4. The molecule has 1 aliphatic rings. The third kappa shape index (κ3) is 3.30. The minimum atomic E-state index is -0.941. The number of furan rings is 1. The van der Waals surface area contributed by atoms with Gasteiger partial charge in [0.25, 0.3) is 5.91 Å². The average molecular weight is 445 g/mol. The number of anilines is 1. The van der Waals surface area contributed by atoms with E-state index in [1.54, 1.807) is 62.8 Å². The van der Waals surface area contributed by atoms with Crippen LogP contribution in [0.4, 0.5) is 5.95 Å². The van der Waals surface area contributed by atoms with Gasteiger partial charge in [-0.1, -0.05) is 12.1 Å². The lowest BCUT2D eigenvalue weighted by atomic mass is 9.95. The summed E-state index contributed by atoms with van der Waals surface area (Å²) in [6.07, 6.45) is 1.36. The lowest BCUT2D eigenvalue weighted by molar-refractivity contribution is -0.117. The van der Waals surface area contributed by atoms with E-state index in [1.165, 1.54) is 17.2 Å². The Morgan fingerprint density at radius 3 is 2.48 bits per heavy atom. The summed E-state index contributed by atoms with van der Waals surface area (Å²) in [6, 6.07) is 14.2. The van der Waals surface area contributed by atoms with E-state index in [0.29, 0.717) is 28.1 Å². The molecule has 1 amide bonds. The van der Waals surface area contributed by atoms with Crippen LogP contribution in [-0.4, -0.2) is 41.0 Å². The molecule has 2 aromatic heterocycles. The maximum absolute atomic E-state index is 13.2. The van der Waals surface area contributed by atoms with Crippen molar-refractivity contribution in [3.63, 3.8) is 0 Å². The minimum Gasteiger partial charge on any atom is -0.503 e. The molecule has 166 valence electrons. The van der Waals surface area contributed by atoms with Gasteiger partial charge < -0.3 is 24.0 Å². The highest BCUT2D eigenvalue weighted by atomic mass is 16.5. The lowest BCUT2D eigenvalue weighted by Gasteiger charge is -2.24. The zero-order valence-electron chi connectivity index (χ0n) is 17.7. The van der Waals surface area contributed by atoms with Gasteiger partial charge in [-0.2, -0.15) is 0 Å². The number of fused-ring (bicyclic) bond motifs is 1. The predicted molar refractivity (Wildman–Crippen MR) is 119 cm³/mol. The Morgan fingerprint density at radius 2 is 1.82 bits per heavy atom. The summed E-state index contributed by atoms with van der Waals surface area (Å²) >= 11 is 0. The largest absolute Gasteiger partial charge is 0.503 e. The van der Waals surface area contributed by atoms with Crippen LogP contribution in [0.1, 0.15) is 22.2 Å². The Kier molecular flexibility index (Phi) is 4.86. The number of hydrogen-bond donors (Lipinski definition) is 2. The highest BCUT2D eigenvalue weighted by molar-refractivity contribution is 6.20.